The first kappa shape index (κ1) is 26.0. The maximum atomic E-state index is 13.4. The molecule has 3 aromatic rings. The van der Waals surface area contributed by atoms with Gasteiger partial charge < -0.3 is 18.4 Å². The maximum absolute atomic E-state index is 13.4. The van der Waals surface area contributed by atoms with Gasteiger partial charge in [0.2, 0.25) is 0 Å². The highest BCUT2D eigenvalue weighted by atomic mass is 32.2. The number of hydrogen-bond donors (Lipinski definition) is 0. The van der Waals surface area contributed by atoms with Crippen LogP contribution in [-0.4, -0.2) is 69.0 Å². The first-order valence-electron chi connectivity index (χ1n) is 12.3. The van der Waals surface area contributed by atoms with Crippen molar-refractivity contribution in [3.05, 3.63) is 58.5 Å². The van der Waals surface area contributed by atoms with Crippen molar-refractivity contribution < 1.29 is 17.3 Å². The maximum Gasteiger partial charge on any atom is 0.306 e. The lowest BCUT2D eigenvalue weighted by Crippen LogP contribution is -2.47. The predicted octanol–water partition coefficient (Wildman–Crippen LogP) is 2.91. The number of aryl methyl sites for hydroxylation is 1. The molecule has 0 N–H and O–H groups in total. The van der Waals surface area contributed by atoms with E-state index in [0.717, 1.165) is 56.7 Å². The number of benzene rings is 2. The minimum absolute atomic E-state index is 0.125. The van der Waals surface area contributed by atoms with E-state index in [1.54, 1.807) is 29.9 Å². The van der Waals surface area contributed by atoms with Crippen LogP contribution in [0, 0.1) is 0 Å². The Morgan fingerprint density at radius 1 is 0.972 bits per heavy atom. The van der Waals surface area contributed by atoms with Gasteiger partial charge in [0.15, 0.2) is 5.75 Å². The number of nitrogens with zero attached hydrogens (tertiary/aromatic N) is 4. The van der Waals surface area contributed by atoms with Crippen molar-refractivity contribution in [2.24, 2.45) is 0 Å². The first-order chi connectivity index (χ1) is 17.3. The van der Waals surface area contributed by atoms with Crippen molar-refractivity contribution in [2.75, 3.05) is 51.0 Å². The Hall–Kier alpha value is -3.11. The number of unbranched alkanes of at least 4 members (excludes halogenated alkanes) is 1. The Labute approximate surface area is 212 Å². The summed E-state index contributed by atoms with van der Waals surface area (Å²) in [4.78, 5) is 22.6. The molecule has 1 aliphatic heterocycles. The van der Waals surface area contributed by atoms with Crippen LogP contribution in [0.3, 0.4) is 0 Å². The molecule has 4 rings (SSSR count). The molecule has 2 aromatic carbocycles. The van der Waals surface area contributed by atoms with Crippen molar-refractivity contribution in [1.29, 1.82) is 0 Å². The molecule has 0 amide bonds. The summed E-state index contributed by atoms with van der Waals surface area (Å²) in [6.45, 7) is 6.74. The molecule has 0 saturated carbocycles. The Morgan fingerprint density at radius 2 is 1.69 bits per heavy atom. The van der Waals surface area contributed by atoms with Crippen LogP contribution in [0.2, 0.25) is 0 Å². The molecule has 1 fully saturated rings. The molecule has 0 bridgehead atoms. The molecular weight excluding hydrogens is 480 g/mol. The Morgan fingerprint density at radius 3 is 2.39 bits per heavy atom. The van der Waals surface area contributed by atoms with E-state index in [-0.39, 0.29) is 11.3 Å². The fourth-order valence-corrected chi connectivity index (χ4v) is 5.05. The zero-order valence-electron chi connectivity index (χ0n) is 21.1. The summed E-state index contributed by atoms with van der Waals surface area (Å²) in [5, 5.41) is 0. The topological polar surface area (TPSA) is 94.0 Å². The van der Waals surface area contributed by atoms with Crippen LogP contribution in [0.1, 0.15) is 25.5 Å². The molecule has 1 saturated heterocycles. The number of hydrogen-bond acceptors (Lipinski definition) is 8. The van der Waals surface area contributed by atoms with E-state index < -0.39 is 10.1 Å². The molecule has 10 heteroatoms. The molecule has 9 nitrogen and oxygen atoms in total. The molecule has 0 radical (unpaired) electrons. The van der Waals surface area contributed by atoms with Gasteiger partial charge in [-0.3, -0.25) is 9.69 Å². The molecule has 0 spiro atoms. The van der Waals surface area contributed by atoms with Crippen LogP contribution < -0.4 is 19.4 Å². The zero-order valence-corrected chi connectivity index (χ0v) is 22.0. The van der Waals surface area contributed by atoms with Crippen molar-refractivity contribution in [2.45, 2.75) is 32.7 Å². The largest absolute Gasteiger partial charge is 0.495 e. The van der Waals surface area contributed by atoms with Crippen LogP contribution >= 0.6 is 0 Å². The molecule has 194 valence electrons. The number of aromatic nitrogens is 2. The average molecular weight is 515 g/mol. The van der Waals surface area contributed by atoms with Crippen LogP contribution in [0.15, 0.2) is 47.3 Å². The third-order valence-corrected chi connectivity index (χ3v) is 6.93. The van der Waals surface area contributed by atoms with E-state index >= 15 is 0 Å². The van der Waals surface area contributed by atoms with E-state index in [1.807, 2.05) is 18.2 Å². The molecule has 36 heavy (non-hydrogen) atoms. The second kappa shape index (κ2) is 11.3. The standard InChI is InChI=1S/C26H34N4O5S/c1-4-5-14-30-22-10-8-12-24(35-36(3,32)33)25(22)27-20(26(30)31)13-15-28-16-18-29(19-17-28)21-9-6-7-11-23(21)34-2/h6-12H,4-5,13-19H2,1-3H3. The van der Waals surface area contributed by atoms with E-state index in [4.69, 9.17) is 8.92 Å². The quantitative estimate of drug-likeness (QED) is 0.381. The van der Waals surface area contributed by atoms with E-state index in [9.17, 15) is 13.2 Å². The van der Waals surface area contributed by atoms with Gasteiger partial charge in [-0.2, -0.15) is 8.42 Å². The number of para-hydroxylation sites is 3. The summed E-state index contributed by atoms with van der Waals surface area (Å²) in [5.74, 6) is 1.01. The van der Waals surface area contributed by atoms with Gasteiger partial charge in [0, 0.05) is 45.7 Å². The smallest absolute Gasteiger partial charge is 0.306 e. The van der Waals surface area contributed by atoms with Gasteiger partial charge >= 0.3 is 10.1 Å². The van der Waals surface area contributed by atoms with Gasteiger partial charge in [-0.1, -0.05) is 31.5 Å². The van der Waals surface area contributed by atoms with Gasteiger partial charge in [0.1, 0.15) is 17.0 Å². The summed E-state index contributed by atoms with van der Waals surface area (Å²) in [6.07, 6.45) is 3.25. The highest BCUT2D eigenvalue weighted by Gasteiger charge is 2.21. The fourth-order valence-electron chi connectivity index (χ4n) is 4.59. The number of piperazine rings is 1. The molecule has 0 unspecified atom stereocenters. The van der Waals surface area contributed by atoms with E-state index in [0.29, 0.717) is 36.2 Å². The highest BCUT2D eigenvalue weighted by molar-refractivity contribution is 7.86. The molecule has 1 aliphatic rings. The van der Waals surface area contributed by atoms with E-state index in [1.165, 1.54) is 0 Å². The molecule has 0 atom stereocenters. The summed E-state index contributed by atoms with van der Waals surface area (Å²) in [5.41, 5.74) is 2.38. The number of anilines is 1. The van der Waals surface area contributed by atoms with Crippen LogP contribution in [0.4, 0.5) is 5.69 Å². The second-order valence-corrected chi connectivity index (χ2v) is 10.6. The van der Waals surface area contributed by atoms with Gasteiger partial charge in [0.05, 0.1) is 24.6 Å². The molecule has 1 aromatic heterocycles. The summed E-state index contributed by atoms with van der Waals surface area (Å²) >= 11 is 0. The van der Waals surface area contributed by atoms with Crippen LogP contribution in [0.5, 0.6) is 11.5 Å². The minimum Gasteiger partial charge on any atom is -0.495 e. The number of fused-ring (bicyclic) bond motifs is 1. The number of rotatable bonds is 10. The van der Waals surface area contributed by atoms with E-state index in [2.05, 4.69) is 27.8 Å². The van der Waals surface area contributed by atoms with Crippen molar-refractivity contribution in [3.63, 3.8) is 0 Å². The SMILES string of the molecule is CCCCn1c(=O)c(CCN2CCN(c3ccccc3OC)CC2)nc2c(OS(C)(=O)=O)cccc21. The lowest BCUT2D eigenvalue weighted by Gasteiger charge is -2.36. The zero-order chi connectivity index (χ0) is 25.7. The highest BCUT2D eigenvalue weighted by Crippen LogP contribution is 2.28. The Kier molecular flexibility index (Phi) is 8.15. The van der Waals surface area contributed by atoms with Crippen molar-refractivity contribution >= 4 is 26.8 Å². The van der Waals surface area contributed by atoms with Crippen LogP contribution in [-0.2, 0) is 23.1 Å². The third-order valence-electron chi connectivity index (χ3n) is 6.45. The van der Waals surface area contributed by atoms with Crippen molar-refractivity contribution in [3.8, 4) is 11.5 Å². The second-order valence-electron chi connectivity index (χ2n) is 9.03. The van der Waals surface area contributed by atoms with Gasteiger partial charge in [-0.05, 0) is 30.7 Å². The minimum atomic E-state index is -3.73. The van der Waals surface area contributed by atoms with Gasteiger partial charge in [-0.15, -0.1) is 0 Å². The summed E-state index contributed by atoms with van der Waals surface area (Å²) < 4.78 is 36.1. The molecule has 0 aliphatic carbocycles. The number of ether oxygens (including phenoxy) is 1. The number of methoxy groups -OCH3 is 1. The van der Waals surface area contributed by atoms with Crippen LogP contribution in [0.25, 0.3) is 11.0 Å². The average Bonchev–Trinajstić information content (AvgIpc) is 2.87. The van der Waals surface area contributed by atoms with Gasteiger partial charge in [-0.25, -0.2) is 4.98 Å². The third kappa shape index (κ3) is 5.99. The first-order valence-corrected chi connectivity index (χ1v) is 14.1. The Balaban J connectivity index is 1.54. The molecular formula is C26H34N4O5S. The van der Waals surface area contributed by atoms with Gasteiger partial charge in [0.25, 0.3) is 5.56 Å². The molecule has 2 heterocycles. The monoisotopic (exact) mass is 514 g/mol. The summed E-state index contributed by atoms with van der Waals surface area (Å²) in [7, 11) is -2.05. The lowest BCUT2D eigenvalue weighted by atomic mass is 10.2. The fraction of sp³-hybridized carbons (Fsp3) is 0.462. The van der Waals surface area contributed by atoms with Crippen molar-refractivity contribution in [1.82, 2.24) is 14.5 Å². The normalized spacial score (nSPS) is 14.8. The predicted molar refractivity (Wildman–Crippen MR) is 142 cm³/mol. The lowest BCUT2D eigenvalue weighted by molar-refractivity contribution is 0.259. The Bertz CT molecular complexity index is 1360. The summed E-state index contributed by atoms with van der Waals surface area (Å²) in [6, 6.07) is 13.1.